The largest absolute Gasteiger partial charge is 0.399 e. The first-order valence-electron chi connectivity index (χ1n) is 9.46. The van der Waals surface area contributed by atoms with Gasteiger partial charge in [-0.1, -0.05) is 22.8 Å². The van der Waals surface area contributed by atoms with Crippen LogP contribution >= 0.6 is 11.6 Å². The third-order valence-corrected chi connectivity index (χ3v) is 6.65. The predicted octanol–water partition coefficient (Wildman–Crippen LogP) is 3.45. The van der Waals surface area contributed by atoms with Crippen LogP contribution in [0.4, 0.5) is 5.82 Å². The standard InChI is InChI=1S/C20H23ClN4O4S/c1-29-25-17-5-3-4-14(17)10-15(20(26)24-19-12-22-8-9-23-19)13-6-7-18(16(21)11-13)30(2,27)28/h6-9,11-12,14-15H,3-5,10H2,1-2H3,(H,23,24,26)/b25-17-. The molecule has 160 valence electrons. The van der Waals surface area contributed by atoms with Gasteiger partial charge in [-0.15, -0.1) is 0 Å². The summed E-state index contributed by atoms with van der Waals surface area (Å²) in [7, 11) is -1.97. The fourth-order valence-corrected chi connectivity index (χ4v) is 5.02. The van der Waals surface area contributed by atoms with E-state index in [1.165, 1.54) is 31.8 Å². The molecule has 2 atom stereocenters. The fraction of sp³-hybridized carbons (Fsp3) is 0.400. The molecule has 10 heteroatoms. The second kappa shape index (κ2) is 9.53. The molecule has 1 heterocycles. The molecule has 1 aliphatic carbocycles. The Kier molecular flexibility index (Phi) is 7.04. The number of rotatable bonds is 7. The molecule has 0 bridgehead atoms. The SMILES string of the molecule is CO/N=C1/CCCC1CC(C(=O)Nc1cnccn1)c1ccc(S(C)(=O)=O)c(Cl)c1. The number of hydrogen-bond donors (Lipinski definition) is 1. The lowest BCUT2D eigenvalue weighted by Gasteiger charge is -2.21. The third kappa shape index (κ3) is 5.34. The van der Waals surface area contributed by atoms with Gasteiger partial charge in [-0.2, -0.15) is 0 Å². The summed E-state index contributed by atoms with van der Waals surface area (Å²) in [4.78, 5) is 26.2. The van der Waals surface area contributed by atoms with Crippen molar-refractivity contribution in [2.75, 3.05) is 18.7 Å². The number of hydrogen-bond acceptors (Lipinski definition) is 7. The Morgan fingerprint density at radius 1 is 1.40 bits per heavy atom. The van der Waals surface area contributed by atoms with Crippen molar-refractivity contribution in [3.8, 4) is 0 Å². The lowest BCUT2D eigenvalue weighted by atomic mass is 9.86. The van der Waals surface area contributed by atoms with E-state index in [1.54, 1.807) is 12.1 Å². The van der Waals surface area contributed by atoms with Gasteiger partial charge < -0.3 is 10.2 Å². The van der Waals surface area contributed by atoms with Gasteiger partial charge in [0.15, 0.2) is 15.7 Å². The van der Waals surface area contributed by atoms with Crippen molar-refractivity contribution >= 4 is 38.9 Å². The minimum absolute atomic E-state index is 0.0310. The summed E-state index contributed by atoms with van der Waals surface area (Å²) in [5.41, 5.74) is 1.55. The molecule has 1 N–H and O–H groups in total. The van der Waals surface area contributed by atoms with Crippen LogP contribution in [0.5, 0.6) is 0 Å². The van der Waals surface area contributed by atoms with Gasteiger partial charge in [0.1, 0.15) is 7.11 Å². The van der Waals surface area contributed by atoms with Crippen LogP contribution in [-0.2, 0) is 19.5 Å². The van der Waals surface area contributed by atoms with E-state index >= 15 is 0 Å². The van der Waals surface area contributed by atoms with Crippen molar-refractivity contribution in [1.82, 2.24) is 9.97 Å². The van der Waals surface area contributed by atoms with Gasteiger partial charge in [-0.3, -0.25) is 9.78 Å². The van der Waals surface area contributed by atoms with Crippen molar-refractivity contribution in [2.24, 2.45) is 11.1 Å². The second-order valence-corrected chi connectivity index (χ2v) is 9.58. The Morgan fingerprint density at radius 2 is 2.20 bits per heavy atom. The van der Waals surface area contributed by atoms with Crippen LogP contribution in [0, 0.1) is 5.92 Å². The lowest BCUT2D eigenvalue weighted by Crippen LogP contribution is -2.25. The zero-order valence-corrected chi connectivity index (χ0v) is 18.3. The Balaban J connectivity index is 1.93. The molecule has 0 radical (unpaired) electrons. The van der Waals surface area contributed by atoms with Crippen molar-refractivity contribution in [3.05, 3.63) is 47.4 Å². The average molecular weight is 451 g/mol. The molecule has 0 saturated heterocycles. The molecule has 0 aliphatic heterocycles. The fourth-order valence-electron chi connectivity index (χ4n) is 3.68. The van der Waals surface area contributed by atoms with Gasteiger partial charge in [0.05, 0.1) is 27.7 Å². The van der Waals surface area contributed by atoms with Gasteiger partial charge in [0.2, 0.25) is 5.91 Å². The summed E-state index contributed by atoms with van der Waals surface area (Å²) in [5, 5.41) is 6.98. The molecular weight excluding hydrogens is 428 g/mol. The van der Waals surface area contributed by atoms with Gasteiger partial charge in [0, 0.05) is 24.6 Å². The van der Waals surface area contributed by atoms with Gasteiger partial charge in [-0.25, -0.2) is 13.4 Å². The Hall–Kier alpha value is -2.52. The molecule has 3 rings (SSSR count). The minimum atomic E-state index is -3.47. The maximum absolute atomic E-state index is 13.1. The number of aromatic nitrogens is 2. The first-order chi connectivity index (χ1) is 14.3. The Bertz CT molecular complexity index is 1040. The molecule has 8 nitrogen and oxygen atoms in total. The number of anilines is 1. The summed E-state index contributed by atoms with van der Waals surface area (Å²) in [6.45, 7) is 0. The molecule has 2 unspecified atom stereocenters. The summed E-state index contributed by atoms with van der Waals surface area (Å²) in [6.07, 6.45) is 8.74. The number of nitrogens with one attached hydrogen (secondary N) is 1. The molecule has 0 spiro atoms. The van der Waals surface area contributed by atoms with Crippen molar-refractivity contribution in [2.45, 2.75) is 36.5 Å². The third-order valence-electron chi connectivity index (χ3n) is 5.07. The summed E-state index contributed by atoms with van der Waals surface area (Å²) in [5.74, 6) is -0.440. The van der Waals surface area contributed by atoms with E-state index in [0.717, 1.165) is 31.2 Å². The Morgan fingerprint density at radius 3 is 2.83 bits per heavy atom. The monoisotopic (exact) mass is 450 g/mol. The molecular formula is C20H23ClN4O4S. The second-order valence-electron chi connectivity index (χ2n) is 7.18. The van der Waals surface area contributed by atoms with E-state index in [2.05, 4.69) is 20.4 Å². The lowest BCUT2D eigenvalue weighted by molar-refractivity contribution is -0.117. The highest BCUT2D eigenvalue weighted by molar-refractivity contribution is 7.90. The van der Waals surface area contributed by atoms with Crippen LogP contribution in [0.15, 0.2) is 46.8 Å². The van der Waals surface area contributed by atoms with E-state index < -0.39 is 15.8 Å². The molecule has 1 aliphatic rings. The van der Waals surface area contributed by atoms with Crippen LogP contribution in [0.1, 0.15) is 37.2 Å². The number of sulfone groups is 1. The van der Waals surface area contributed by atoms with Gasteiger partial charge in [0.25, 0.3) is 0 Å². The normalized spacial score (nSPS) is 18.9. The minimum Gasteiger partial charge on any atom is -0.399 e. The van der Waals surface area contributed by atoms with Gasteiger partial charge in [-0.05, 0) is 43.4 Å². The molecule has 1 aromatic carbocycles. The van der Waals surface area contributed by atoms with E-state index in [0.29, 0.717) is 17.8 Å². The first-order valence-corrected chi connectivity index (χ1v) is 11.7. The number of halogens is 1. The maximum atomic E-state index is 13.1. The predicted molar refractivity (Wildman–Crippen MR) is 114 cm³/mol. The van der Waals surface area contributed by atoms with Gasteiger partial charge >= 0.3 is 0 Å². The number of carbonyl (C=O) groups excluding carboxylic acids is 1. The van der Waals surface area contributed by atoms with E-state index in [1.807, 2.05) is 0 Å². The van der Waals surface area contributed by atoms with E-state index in [4.69, 9.17) is 16.4 Å². The molecule has 30 heavy (non-hydrogen) atoms. The molecule has 1 aromatic heterocycles. The van der Waals surface area contributed by atoms with Crippen LogP contribution in [0.3, 0.4) is 0 Å². The number of carbonyl (C=O) groups is 1. The molecule has 1 saturated carbocycles. The van der Waals surface area contributed by atoms with Crippen molar-refractivity contribution < 1.29 is 18.0 Å². The summed E-state index contributed by atoms with van der Waals surface area (Å²) < 4.78 is 23.8. The van der Waals surface area contributed by atoms with E-state index in [9.17, 15) is 13.2 Å². The van der Waals surface area contributed by atoms with Crippen LogP contribution in [-0.4, -0.2) is 43.4 Å². The van der Waals surface area contributed by atoms with E-state index in [-0.39, 0.29) is 21.7 Å². The highest BCUT2D eigenvalue weighted by atomic mass is 35.5. The number of benzene rings is 1. The summed E-state index contributed by atoms with van der Waals surface area (Å²) >= 11 is 6.24. The van der Waals surface area contributed by atoms with Crippen LogP contribution in [0.2, 0.25) is 5.02 Å². The Labute approximate surface area is 180 Å². The maximum Gasteiger partial charge on any atom is 0.233 e. The molecule has 2 aromatic rings. The van der Waals surface area contributed by atoms with Crippen LogP contribution in [0.25, 0.3) is 0 Å². The number of oxime groups is 1. The highest BCUT2D eigenvalue weighted by Gasteiger charge is 2.31. The first kappa shape index (κ1) is 22.2. The number of nitrogens with zero attached hydrogens (tertiary/aromatic N) is 3. The van der Waals surface area contributed by atoms with Crippen molar-refractivity contribution in [1.29, 1.82) is 0 Å². The number of amides is 1. The zero-order chi connectivity index (χ0) is 21.7. The van der Waals surface area contributed by atoms with Crippen LogP contribution < -0.4 is 5.32 Å². The topological polar surface area (TPSA) is 111 Å². The quantitative estimate of drug-likeness (QED) is 0.647. The zero-order valence-electron chi connectivity index (χ0n) is 16.7. The highest BCUT2D eigenvalue weighted by Crippen LogP contribution is 2.35. The van der Waals surface area contributed by atoms with Crippen molar-refractivity contribution in [3.63, 3.8) is 0 Å². The summed E-state index contributed by atoms with van der Waals surface area (Å²) in [6, 6.07) is 4.61. The average Bonchev–Trinajstić information content (AvgIpc) is 3.13. The molecule has 1 fully saturated rings. The smallest absolute Gasteiger partial charge is 0.233 e. The molecule has 1 amide bonds.